The first-order valence-electron chi connectivity index (χ1n) is 9.77. The molecule has 28 heavy (non-hydrogen) atoms. The molecule has 2 fully saturated rings. The number of carbonyl (C=O) groups excluding carboxylic acids is 1. The van der Waals surface area contributed by atoms with E-state index in [0.717, 1.165) is 36.1 Å². The van der Waals surface area contributed by atoms with Crippen molar-refractivity contribution in [3.8, 4) is 5.75 Å². The van der Waals surface area contributed by atoms with Crippen LogP contribution in [0.1, 0.15) is 23.3 Å². The summed E-state index contributed by atoms with van der Waals surface area (Å²) in [7, 11) is 0. The van der Waals surface area contributed by atoms with E-state index in [1.807, 2.05) is 47.4 Å². The van der Waals surface area contributed by atoms with Crippen molar-refractivity contribution in [1.29, 1.82) is 0 Å². The predicted molar refractivity (Wildman–Crippen MR) is 105 cm³/mol. The van der Waals surface area contributed by atoms with Crippen molar-refractivity contribution >= 4 is 16.8 Å². The monoisotopic (exact) mass is 377 g/mol. The van der Waals surface area contributed by atoms with E-state index in [9.17, 15) is 4.79 Å². The van der Waals surface area contributed by atoms with Gasteiger partial charge >= 0.3 is 0 Å². The van der Waals surface area contributed by atoms with Crippen LogP contribution in [0.2, 0.25) is 0 Å². The number of ether oxygens (including phenoxy) is 2. The molecule has 1 aromatic carbocycles. The minimum atomic E-state index is -0.208. The number of hydrogen-bond donors (Lipinski definition) is 1. The number of aromatic nitrogens is 2. The smallest absolute Gasteiger partial charge is 0.270 e. The van der Waals surface area contributed by atoms with Gasteiger partial charge in [0.15, 0.2) is 0 Å². The van der Waals surface area contributed by atoms with Gasteiger partial charge in [-0.05, 0) is 43.0 Å². The zero-order valence-corrected chi connectivity index (χ0v) is 15.6. The molecule has 1 spiro atoms. The molecule has 1 amide bonds. The van der Waals surface area contributed by atoms with E-state index in [-0.39, 0.29) is 11.5 Å². The Morgan fingerprint density at radius 1 is 1.29 bits per heavy atom. The Balaban J connectivity index is 1.19. The Labute approximate surface area is 163 Å². The third kappa shape index (κ3) is 3.03. The van der Waals surface area contributed by atoms with E-state index >= 15 is 0 Å². The first-order chi connectivity index (χ1) is 13.7. The summed E-state index contributed by atoms with van der Waals surface area (Å²) in [5.74, 6) is 1.25. The molecule has 0 saturated carbocycles. The molecule has 5 rings (SSSR count). The second-order valence-electron chi connectivity index (χ2n) is 7.66. The average Bonchev–Trinajstić information content (AvgIpc) is 3.31. The van der Waals surface area contributed by atoms with Crippen LogP contribution in [0.25, 0.3) is 10.9 Å². The number of nitrogens with one attached hydrogen (secondary N) is 1. The van der Waals surface area contributed by atoms with Crippen molar-refractivity contribution in [1.82, 2.24) is 14.9 Å². The largest absolute Gasteiger partial charge is 0.492 e. The van der Waals surface area contributed by atoms with Crippen molar-refractivity contribution < 1.29 is 14.3 Å². The predicted octanol–water partition coefficient (Wildman–Crippen LogP) is 3.26. The summed E-state index contributed by atoms with van der Waals surface area (Å²) in [6.45, 7) is 2.70. The van der Waals surface area contributed by atoms with Gasteiger partial charge in [0.1, 0.15) is 17.0 Å². The number of nitrogens with zero attached hydrogens (tertiary/aromatic N) is 2. The van der Waals surface area contributed by atoms with Gasteiger partial charge in [-0.2, -0.15) is 0 Å². The van der Waals surface area contributed by atoms with Crippen LogP contribution in [0.15, 0.2) is 54.9 Å². The molecule has 2 aliphatic rings. The average molecular weight is 377 g/mol. The maximum absolute atomic E-state index is 12.8. The third-order valence-electron chi connectivity index (χ3n) is 5.93. The summed E-state index contributed by atoms with van der Waals surface area (Å²) >= 11 is 0. The number of carbonyl (C=O) groups is 1. The molecule has 0 radical (unpaired) electrons. The van der Waals surface area contributed by atoms with E-state index < -0.39 is 0 Å². The lowest BCUT2D eigenvalue weighted by atomic mass is 9.79. The number of para-hydroxylation sites is 1. The molecule has 144 valence electrons. The number of aromatic amines is 1. The Morgan fingerprint density at radius 2 is 2.18 bits per heavy atom. The van der Waals surface area contributed by atoms with Gasteiger partial charge in [0.25, 0.3) is 5.91 Å². The molecule has 0 bridgehead atoms. The highest BCUT2D eigenvalue weighted by Gasteiger charge is 2.54. The first-order valence-corrected chi connectivity index (χ1v) is 9.77. The zero-order valence-electron chi connectivity index (χ0n) is 15.6. The minimum Gasteiger partial charge on any atom is -0.492 e. The maximum atomic E-state index is 12.8. The van der Waals surface area contributed by atoms with Crippen LogP contribution in [0, 0.1) is 5.92 Å². The lowest BCUT2D eigenvalue weighted by molar-refractivity contribution is -0.119. The fraction of sp³-hybridized carbons (Fsp3) is 0.364. The molecular weight excluding hydrogens is 354 g/mol. The van der Waals surface area contributed by atoms with Crippen molar-refractivity contribution in [3.05, 3.63) is 60.6 Å². The lowest BCUT2D eigenvalue weighted by Crippen LogP contribution is -2.66. The number of likely N-dealkylation sites (tertiary alicyclic amines) is 1. The van der Waals surface area contributed by atoms with Crippen molar-refractivity contribution in [2.75, 3.05) is 26.3 Å². The summed E-state index contributed by atoms with van der Waals surface area (Å²) in [6.07, 6.45) is 5.40. The van der Waals surface area contributed by atoms with Crippen LogP contribution in [-0.4, -0.2) is 52.7 Å². The first kappa shape index (κ1) is 17.3. The Hall–Kier alpha value is -2.86. The summed E-state index contributed by atoms with van der Waals surface area (Å²) in [6, 6.07) is 13.7. The van der Waals surface area contributed by atoms with Gasteiger partial charge in [-0.15, -0.1) is 0 Å². The molecule has 0 unspecified atom stereocenters. The number of benzene rings is 1. The molecule has 2 saturated heterocycles. The fourth-order valence-corrected chi connectivity index (χ4v) is 4.40. The Kier molecular flexibility index (Phi) is 4.28. The van der Waals surface area contributed by atoms with E-state index in [1.165, 1.54) is 0 Å². The maximum Gasteiger partial charge on any atom is 0.270 e. The fourth-order valence-electron chi connectivity index (χ4n) is 4.40. The third-order valence-corrected chi connectivity index (χ3v) is 5.93. The quantitative estimate of drug-likeness (QED) is 0.741. The van der Waals surface area contributed by atoms with Gasteiger partial charge in [-0.25, -0.2) is 0 Å². The number of H-pyrrole nitrogens is 1. The van der Waals surface area contributed by atoms with Gasteiger partial charge in [0.2, 0.25) is 0 Å². The van der Waals surface area contributed by atoms with Crippen molar-refractivity contribution in [2.24, 2.45) is 5.92 Å². The Morgan fingerprint density at radius 3 is 3.00 bits per heavy atom. The number of fused-ring (bicyclic) bond motifs is 1. The van der Waals surface area contributed by atoms with Crippen LogP contribution in [0.5, 0.6) is 5.75 Å². The number of amides is 1. The lowest BCUT2D eigenvalue weighted by Gasteiger charge is -2.50. The summed E-state index contributed by atoms with van der Waals surface area (Å²) in [4.78, 5) is 22.0. The van der Waals surface area contributed by atoms with Gasteiger partial charge in [-0.1, -0.05) is 18.2 Å². The number of rotatable bonds is 5. The van der Waals surface area contributed by atoms with Crippen LogP contribution in [-0.2, 0) is 4.74 Å². The van der Waals surface area contributed by atoms with Crippen LogP contribution in [0.4, 0.5) is 0 Å². The molecule has 1 N–H and O–H groups in total. The second-order valence-corrected chi connectivity index (χ2v) is 7.66. The number of pyridine rings is 1. The normalized spacial score (nSPS) is 20.4. The van der Waals surface area contributed by atoms with E-state index in [4.69, 9.17) is 9.47 Å². The second kappa shape index (κ2) is 6.95. The van der Waals surface area contributed by atoms with Crippen LogP contribution >= 0.6 is 0 Å². The molecule has 3 aromatic rings. The SMILES string of the molecule is O=C(c1cc2ccccc2[nH]1)N1CC2(C1)OCC[C@H]2CCOc1cccnc1. The standard InChI is InChI=1S/C22H23N3O3/c26-21(20-12-16-4-1-2-6-19(16)24-20)25-14-22(15-25)17(8-11-28-22)7-10-27-18-5-3-9-23-13-18/h1-6,9,12-13,17,24H,7-8,10-11,14-15H2/t17-/m1/s1. The highest BCUT2D eigenvalue weighted by molar-refractivity contribution is 5.98. The molecule has 0 aliphatic carbocycles. The summed E-state index contributed by atoms with van der Waals surface area (Å²) in [5, 5.41) is 1.06. The molecule has 4 heterocycles. The van der Waals surface area contributed by atoms with Crippen LogP contribution < -0.4 is 4.74 Å². The topological polar surface area (TPSA) is 67.5 Å². The highest BCUT2D eigenvalue weighted by atomic mass is 16.5. The van der Waals surface area contributed by atoms with Crippen LogP contribution in [0.3, 0.4) is 0 Å². The number of hydrogen-bond acceptors (Lipinski definition) is 4. The summed E-state index contributed by atoms with van der Waals surface area (Å²) in [5.41, 5.74) is 1.43. The highest BCUT2D eigenvalue weighted by Crippen LogP contribution is 2.42. The molecule has 2 aromatic heterocycles. The van der Waals surface area contributed by atoms with Gasteiger partial charge in [0.05, 0.1) is 25.9 Å². The molecule has 6 heteroatoms. The van der Waals surface area contributed by atoms with Gasteiger partial charge in [-0.3, -0.25) is 9.78 Å². The van der Waals surface area contributed by atoms with Gasteiger partial charge in [0, 0.05) is 23.7 Å². The van der Waals surface area contributed by atoms with E-state index in [2.05, 4.69) is 9.97 Å². The molecule has 6 nitrogen and oxygen atoms in total. The van der Waals surface area contributed by atoms with E-state index in [0.29, 0.717) is 31.3 Å². The minimum absolute atomic E-state index is 0.0442. The molecule has 1 atom stereocenters. The van der Waals surface area contributed by atoms with Gasteiger partial charge < -0.3 is 19.4 Å². The zero-order chi connectivity index (χ0) is 19.0. The molecule has 2 aliphatic heterocycles. The van der Waals surface area contributed by atoms with Crippen molar-refractivity contribution in [3.63, 3.8) is 0 Å². The van der Waals surface area contributed by atoms with Crippen molar-refractivity contribution in [2.45, 2.75) is 18.4 Å². The Bertz CT molecular complexity index is 946. The van der Waals surface area contributed by atoms with E-state index in [1.54, 1.807) is 12.4 Å². The molecular formula is C22H23N3O3. The summed E-state index contributed by atoms with van der Waals surface area (Å²) < 4.78 is 11.9.